The lowest BCUT2D eigenvalue weighted by atomic mass is 10.2. The largest absolute Gasteiger partial charge is 0.271 e. The number of thioether (sulfide) groups is 1. The van der Waals surface area contributed by atoms with Crippen LogP contribution in [0, 0.1) is 11.5 Å². The average molecular weight is 355 g/mol. The molecule has 0 saturated heterocycles. The molecule has 0 aromatic heterocycles. The Morgan fingerprint density at radius 3 is 2.52 bits per heavy atom. The molecule has 0 unspecified atom stereocenters. The summed E-state index contributed by atoms with van der Waals surface area (Å²) in [5, 5.41) is 11.5. The Morgan fingerprint density at radius 2 is 1.96 bits per heavy atom. The van der Waals surface area contributed by atoms with E-state index in [4.69, 9.17) is 5.26 Å². The van der Waals surface area contributed by atoms with Gasteiger partial charge < -0.3 is 0 Å². The van der Waals surface area contributed by atoms with Crippen molar-refractivity contribution in [3.8, 4) is 6.19 Å². The van der Waals surface area contributed by atoms with Crippen LogP contribution < -0.4 is 10.0 Å². The molecule has 0 amide bonds. The van der Waals surface area contributed by atoms with Gasteiger partial charge in [-0.05, 0) is 36.9 Å². The number of sulfonamides is 1. The number of nitriles is 1. The minimum atomic E-state index is -3.48. The molecule has 23 heavy (non-hydrogen) atoms. The first-order valence-corrected chi connectivity index (χ1v) is 10.1. The van der Waals surface area contributed by atoms with Crippen molar-refractivity contribution in [1.29, 1.82) is 5.26 Å². The van der Waals surface area contributed by atoms with E-state index in [0.717, 1.165) is 25.7 Å². The molecule has 0 saturated carbocycles. The maximum atomic E-state index is 12.2. The number of aliphatic imine (C=N–C) groups is 1. The fourth-order valence-corrected chi connectivity index (χ4v) is 3.25. The van der Waals surface area contributed by atoms with Gasteiger partial charge in [0.1, 0.15) is 0 Å². The number of amidine groups is 1. The molecule has 0 atom stereocenters. The molecular weight excluding hydrogens is 332 g/mol. The molecule has 0 aliphatic heterocycles. The molecule has 1 aromatic carbocycles. The molecule has 0 spiro atoms. The standard InChI is InChI=1S/C15H22N4O2S2/c1-3-4-5-6-11-18-23(20,21)14-9-7-13(8-10-14)19-15(22-2)17-12-16/h7-10,18H,3-6,11H2,1-2H3,(H,17,19). The number of unbranched alkanes of at least 4 members (excludes halogenated alkanes) is 3. The first kappa shape index (κ1) is 19.5. The van der Waals surface area contributed by atoms with Crippen molar-refractivity contribution in [2.45, 2.75) is 37.5 Å². The Kier molecular flexibility index (Phi) is 8.69. The minimum absolute atomic E-state index is 0.214. The predicted molar refractivity (Wildman–Crippen MR) is 95.1 cm³/mol. The van der Waals surface area contributed by atoms with Gasteiger partial charge in [-0.15, -0.1) is 0 Å². The van der Waals surface area contributed by atoms with Gasteiger partial charge in [0.15, 0.2) is 11.4 Å². The monoisotopic (exact) mass is 354 g/mol. The van der Waals surface area contributed by atoms with Gasteiger partial charge in [0.2, 0.25) is 10.0 Å². The Hall–Kier alpha value is -1.56. The van der Waals surface area contributed by atoms with Crippen LogP contribution in [0.3, 0.4) is 0 Å². The fourth-order valence-electron chi connectivity index (χ4n) is 1.83. The Labute approximate surface area is 142 Å². The minimum Gasteiger partial charge on any atom is -0.271 e. The lowest BCUT2D eigenvalue weighted by Crippen LogP contribution is -2.24. The maximum Gasteiger partial charge on any atom is 0.240 e. The number of benzene rings is 1. The smallest absolute Gasteiger partial charge is 0.240 e. The summed E-state index contributed by atoms with van der Waals surface area (Å²) in [4.78, 5) is 4.43. The van der Waals surface area contributed by atoms with Crippen LogP contribution in [0.4, 0.5) is 5.69 Å². The molecule has 0 fully saturated rings. The highest BCUT2D eigenvalue weighted by Crippen LogP contribution is 2.17. The van der Waals surface area contributed by atoms with Crippen LogP contribution in [0.5, 0.6) is 0 Å². The zero-order valence-corrected chi connectivity index (χ0v) is 15.0. The maximum absolute atomic E-state index is 12.2. The Bertz CT molecular complexity index is 649. The zero-order chi connectivity index (χ0) is 17.1. The van der Waals surface area contributed by atoms with Crippen molar-refractivity contribution in [2.75, 3.05) is 12.8 Å². The average Bonchev–Trinajstić information content (AvgIpc) is 2.54. The van der Waals surface area contributed by atoms with Gasteiger partial charge in [-0.1, -0.05) is 37.9 Å². The molecule has 0 aliphatic rings. The lowest BCUT2D eigenvalue weighted by molar-refractivity contribution is 0.573. The van der Waals surface area contributed by atoms with E-state index >= 15 is 0 Å². The summed E-state index contributed by atoms with van der Waals surface area (Å²) in [6.07, 6.45) is 7.70. The van der Waals surface area contributed by atoms with Gasteiger partial charge in [0.05, 0.1) is 10.6 Å². The van der Waals surface area contributed by atoms with Crippen LogP contribution in [-0.4, -0.2) is 26.4 Å². The first-order chi connectivity index (χ1) is 11.0. The van der Waals surface area contributed by atoms with Gasteiger partial charge in [-0.3, -0.25) is 5.32 Å². The van der Waals surface area contributed by atoms with Gasteiger partial charge >= 0.3 is 0 Å². The van der Waals surface area contributed by atoms with Crippen molar-refractivity contribution in [1.82, 2.24) is 10.0 Å². The summed E-state index contributed by atoms with van der Waals surface area (Å²) in [5.74, 6) is 0. The number of hydrogen-bond acceptors (Lipinski definition) is 5. The van der Waals surface area contributed by atoms with Gasteiger partial charge in [0, 0.05) is 6.54 Å². The summed E-state index contributed by atoms with van der Waals surface area (Å²) < 4.78 is 26.9. The second kappa shape index (κ2) is 10.3. The molecule has 1 rings (SSSR count). The molecule has 0 radical (unpaired) electrons. The molecule has 6 nitrogen and oxygen atoms in total. The molecule has 2 N–H and O–H groups in total. The third-order valence-corrected chi connectivity index (χ3v) is 5.11. The molecule has 1 aromatic rings. The topological polar surface area (TPSA) is 94.3 Å². The summed E-state index contributed by atoms with van der Waals surface area (Å²) in [6, 6.07) is 6.25. The lowest BCUT2D eigenvalue weighted by Gasteiger charge is -2.07. The van der Waals surface area contributed by atoms with Crippen LogP contribution in [0.1, 0.15) is 32.6 Å². The van der Waals surface area contributed by atoms with Crippen molar-refractivity contribution in [3.05, 3.63) is 24.3 Å². The van der Waals surface area contributed by atoms with Crippen molar-refractivity contribution in [2.24, 2.45) is 4.99 Å². The van der Waals surface area contributed by atoms with Crippen molar-refractivity contribution < 1.29 is 8.42 Å². The van der Waals surface area contributed by atoms with Crippen molar-refractivity contribution in [3.63, 3.8) is 0 Å². The first-order valence-electron chi connectivity index (χ1n) is 7.41. The van der Waals surface area contributed by atoms with Crippen LogP contribution in [0.25, 0.3) is 0 Å². The van der Waals surface area contributed by atoms with E-state index in [0.29, 0.717) is 17.4 Å². The molecular formula is C15H22N4O2S2. The quantitative estimate of drug-likeness (QED) is 0.246. The number of rotatable bonds is 8. The third-order valence-electron chi connectivity index (χ3n) is 3.06. The van der Waals surface area contributed by atoms with Gasteiger partial charge in [0.25, 0.3) is 0 Å². The fraction of sp³-hybridized carbons (Fsp3) is 0.467. The van der Waals surface area contributed by atoms with E-state index < -0.39 is 10.0 Å². The van der Waals surface area contributed by atoms with Gasteiger partial charge in [-0.2, -0.15) is 5.26 Å². The zero-order valence-electron chi connectivity index (χ0n) is 13.4. The molecule has 126 valence electrons. The van der Waals surface area contributed by atoms with Crippen LogP contribution >= 0.6 is 11.8 Å². The van der Waals surface area contributed by atoms with Crippen molar-refractivity contribution >= 4 is 32.6 Å². The molecule has 8 heteroatoms. The number of nitrogens with zero attached hydrogens (tertiary/aromatic N) is 2. The predicted octanol–water partition coefficient (Wildman–Crippen LogP) is 2.97. The molecule has 0 heterocycles. The normalized spacial score (nSPS) is 12.0. The third kappa shape index (κ3) is 7.03. The summed E-state index contributed by atoms with van der Waals surface area (Å²) in [7, 11) is -3.48. The van der Waals surface area contributed by atoms with E-state index in [1.165, 1.54) is 23.9 Å². The second-order valence-electron chi connectivity index (χ2n) is 4.81. The van der Waals surface area contributed by atoms with E-state index in [1.807, 2.05) is 0 Å². The Morgan fingerprint density at radius 1 is 1.26 bits per heavy atom. The van der Waals surface area contributed by atoms with E-state index in [-0.39, 0.29) is 4.90 Å². The second-order valence-corrected chi connectivity index (χ2v) is 7.37. The molecule has 0 bridgehead atoms. The SMILES string of the molecule is CCCCCCNS(=O)(=O)c1ccc(N=C(NC#N)SC)cc1. The summed E-state index contributed by atoms with van der Waals surface area (Å²) >= 11 is 1.30. The summed E-state index contributed by atoms with van der Waals surface area (Å²) in [5.41, 5.74) is 0.582. The van der Waals surface area contributed by atoms with Crippen LogP contribution in [-0.2, 0) is 10.0 Å². The molecule has 0 aliphatic carbocycles. The van der Waals surface area contributed by atoms with E-state index in [2.05, 4.69) is 22.0 Å². The highest BCUT2D eigenvalue weighted by atomic mass is 32.2. The van der Waals surface area contributed by atoms with E-state index in [9.17, 15) is 8.42 Å². The highest BCUT2D eigenvalue weighted by Gasteiger charge is 2.12. The summed E-state index contributed by atoms with van der Waals surface area (Å²) in [6.45, 7) is 2.56. The highest BCUT2D eigenvalue weighted by molar-refractivity contribution is 8.13. The van der Waals surface area contributed by atoms with Crippen LogP contribution in [0.2, 0.25) is 0 Å². The number of hydrogen-bond donors (Lipinski definition) is 2. The van der Waals surface area contributed by atoms with Gasteiger partial charge in [-0.25, -0.2) is 18.1 Å². The van der Waals surface area contributed by atoms with Crippen LogP contribution in [0.15, 0.2) is 34.2 Å². The Balaban J connectivity index is 2.69. The number of nitrogens with one attached hydrogen (secondary N) is 2. The van der Waals surface area contributed by atoms with E-state index in [1.54, 1.807) is 24.6 Å².